The molecule has 20 heteroatoms. The quantitative estimate of drug-likeness (QED) is 0.116. The van der Waals surface area contributed by atoms with Crippen LogP contribution in [0, 0.1) is 0 Å². The summed E-state index contributed by atoms with van der Waals surface area (Å²) in [5.74, 6) is -6.23. The van der Waals surface area contributed by atoms with Gasteiger partial charge in [0.1, 0.15) is 36.4 Å². The molecule has 0 aromatic rings. The van der Waals surface area contributed by atoms with E-state index in [2.05, 4.69) is 10.6 Å². The number of ether oxygens (including phenoxy) is 3. The number of esters is 3. The number of hydrogen-bond acceptors (Lipinski definition) is 15. The molecule has 6 unspecified atom stereocenters. The van der Waals surface area contributed by atoms with Crippen molar-refractivity contribution in [1.82, 2.24) is 25.8 Å². The Balaban J connectivity index is 3.08. The van der Waals surface area contributed by atoms with Crippen LogP contribution in [0.3, 0.4) is 0 Å². The Labute approximate surface area is 295 Å². The van der Waals surface area contributed by atoms with Crippen LogP contribution in [-0.4, -0.2) is 134 Å². The Hall–Kier alpha value is -4.40. The summed E-state index contributed by atoms with van der Waals surface area (Å²) >= 11 is 0. The number of carbonyl (C=O) groups is 8. The Bertz CT molecular complexity index is 1220. The summed E-state index contributed by atoms with van der Waals surface area (Å²) in [7, 11) is 0. The third-order valence-electron chi connectivity index (χ3n) is 7.44. The molecule has 290 valence electrons. The van der Waals surface area contributed by atoms with Crippen molar-refractivity contribution in [2.75, 3.05) is 19.6 Å². The Morgan fingerprint density at radius 1 is 0.588 bits per heavy atom. The van der Waals surface area contributed by atoms with Gasteiger partial charge in [-0.1, -0.05) is 0 Å². The molecule has 20 nitrogen and oxygen atoms in total. The Morgan fingerprint density at radius 3 is 1.20 bits per heavy atom. The molecule has 0 spiro atoms. The van der Waals surface area contributed by atoms with Crippen LogP contribution in [0.15, 0.2) is 0 Å². The number of amides is 5. The Morgan fingerprint density at radius 2 is 0.882 bits per heavy atom. The molecule has 1 rings (SSSR count). The molecule has 6 atom stereocenters. The first-order valence-electron chi connectivity index (χ1n) is 16.7. The van der Waals surface area contributed by atoms with Gasteiger partial charge in [0.05, 0.1) is 19.3 Å². The monoisotopic (exact) mass is 732 g/mol. The molecule has 0 radical (unpaired) electrons. The van der Waals surface area contributed by atoms with E-state index < -0.39 is 103 Å². The van der Waals surface area contributed by atoms with Gasteiger partial charge in [0.15, 0.2) is 0 Å². The standard InChI is InChI=1S/C31H52N6O14/c1-18-15-26(40)36(47)13-7-10-24(33-21(4)38)31(45)51-20(3)17-28(42)37(48)14-8-11-25(34-22(5)39)30(44)50-19(2)16-27(41)35(46)12-6-9-23(32)29(43)49-18/h18-20,23-25,46-48H,6-17,32H2,1-5H3,(H,33,38)(H,34,39). The van der Waals surface area contributed by atoms with Crippen molar-refractivity contribution in [2.45, 2.75) is 129 Å². The van der Waals surface area contributed by atoms with E-state index in [1.165, 1.54) is 34.6 Å². The maximum absolute atomic E-state index is 12.8. The zero-order valence-corrected chi connectivity index (χ0v) is 29.7. The number of nitrogens with one attached hydrogen (secondary N) is 2. The minimum absolute atomic E-state index is 0.00750. The smallest absolute Gasteiger partial charge is 0.328 e. The summed E-state index contributed by atoms with van der Waals surface area (Å²) in [6, 6.07) is -3.55. The van der Waals surface area contributed by atoms with Gasteiger partial charge >= 0.3 is 17.9 Å². The van der Waals surface area contributed by atoms with Crippen LogP contribution in [0.1, 0.15) is 92.4 Å². The molecule has 0 aromatic heterocycles. The topological polar surface area (TPSA) is 285 Å². The van der Waals surface area contributed by atoms with E-state index in [0.29, 0.717) is 15.2 Å². The van der Waals surface area contributed by atoms with Crippen molar-refractivity contribution in [1.29, 1.82) is 0 Å². The van der Waals surface area contributed by atoms with Crippen molar-refractivity contribution < 1.29 is 68.2 Å². The summed E-state index contributed by atoms with van der Waals surface area (Å²) in [4.78, 5) is 99.0. The second-order valence-corrected chi connectivity index (χ2v) is 12.4. The van der Waals surface area contributed by atoms with Gasteiger partial charge in [0.2, 0.25) is 29.5 Å². The minimum Gasteiger partial charge on any atom is -0.461 e. The number of hydroxylamine groups is 6. The molecular formula is C31H52N6O14. The number of cyclic esters (lactones) is 3. The predicted molar refractivity (Wildman–Crippen MR) is 172 cm³/mol. The van der Waals surface area contributed by atoms with Gasteiger partial charge < -0.3 is 30.6 Å². The molecule has 5 amide bonds. The highest BCUT2D eigenvalue weighted by Gasteiger charge is 2.28. The lowest BCUT2D eigenvalue weighted by Gasteiger charge is -2.23. The van der Waals surface area contributed by atoms with Crippen LogP contribution < -0.4 is 16.4 Å². The SMILES string of the molecule is CC(=O)NC1CCCN(O)C(=O)CC(C)OC(=O)C(NC(C)=O)CCCN(O)C(=O)CC(C)OC(=O)C(N)CCCN(O)C(=O)CC(C)OC1=O. The lowest BCUT2D eigenvalue weighted by molar-refractivity contribution is -0.170. The molecule has 51 heavy (non-hydrogen) atoms. The summed E-state index contributed by atoms with van der Waals surface area (Å²) in [5, 5.41) is 36.6. The Kier molecular flexibility index (Phi) is 19.6. The molecule has 0 aromatic carbocycles. The van der Waals surface area contributed by atoms with Crippen LogP contribution in [0.25, 0.3) is 0 Å². The summed E-state index contributed by atoms with van der Waals surface area (Å²) in [6.45, 7) is 5.76. The van der Waals surface area contributed by atoms with Crippen molar-refractivity contribution in [3.8, 4) is 0 Å². The highest BCUT2D eigenvalue weighted by molar-refractivity contribution is 5.84. The van der Waals surface area contributed by atoms with E-state index in [4.69, 9.17) is 19.9 Å². The first-order chi connectivity index (χ1) is 23.8. The lowest BCUT2D eigenvalue weighted by atomic mass is 10.1. The maximum atomic E-state index is 12.8. The molecule has 1 fully saturated rings. The summed E-state index contributed by atoms with van der Waals surface area (Å²) in [6.07, 6.45) is -4.39. The third-order valence-corrected chi connectivity index (χ3v) is 7.44. The van der Waals surface area contributed by atoms with Gasteiger partial charge in [0, 0.05) is 33.5 Å². The van der Waals surface area contributed by atoms with Gasteiger partial charge in [-0.05, 0) is 59.3 Å². The van der Waals surface area contributed by atoms with E-state index >= 15 is 0 Å². The van der Waals surface area contributed by atoms with Crippen molar-refractivity contribution >= 4 is 47.4 Å². The van der Waals surface area contributed by atoms with Gasteiger partial charge in [0.25, 0.3) is 0 Å². The van der Waals surface area contributed by atoms with Crippen LogP contribution in [0.2, 0.25) is 0 Å². The highest BCUT2D eigenvalue weighted by atomic mass is 16.6. The maximum Gasteiger partial charge on any atom is 0.328 e. The van der Waals surface area contributed by atoms with E-state index in [9.17, 15) is 54.0 Å². The summed E-state index contributed by atoms with van der Waals surface area (Å²) < 4.78 is 15.8. The average Bonchev–Trinajstić information content (AvgIpc) is 3.02. The number of rotatable bonds is 2. The zero-order chi connectivity index (χ0) is 38.8. The van der Waals surface area contributed by atoms with Crippen molar-refractivity contribution in [3.63, 3.8) is 0 Å². The second-order valence-electron chi connectivity index (χ2n) is 12.4. The molecule has 7 N–H and O–H groups in total. The average molecular weight is 733 g/mol. The first kappa shape index (κ1) is 44.6. The highest BCUT2D eigenvalue weighted by Crippen LogP contribution is 2.12. The van der Waals surface area contributed by atoms with Crippen LogP contribution in [-0.2, 0) is 52.6 Å². The fraction of sp³-hybridized carbons (Fsp3) is 0.742. The van der Waals surface area contributed by atoms with Crippen LogP contribution in [0.4, 0.5) is 0 Å². The molecule has 1 aliphatic heterocycles. The fourth-order valence-corrected chi connectivity index (χ4v) is 4.86. The number of carbonyl (C=O) groups excluding carboxylic acids is 8. The third kappa shape index (κ3) is 17.9. The van der Waals surface area contributed by atoms with E-state index in [0.717, 1.165) is 0 Å². The van der Waals surface area contributed by atoms with Gasteiger partial charge in [-0.25, -0.2) is 24.8 Å². The minimum atomic E-state index is -1.19. The second kappa shape index (κ2) is 22.4. The molecule has 0 saturated carbocycles. The van der Waals surface area contributed by atoms with Gasteiger partial charge in [-0.3, -0.25) is 44.4 Å². The number of hydrogen-bond donors (Lipinski definition) is 6. The normalized spacial score (nSPS) is 27.5. The van der Waals surface area contributed by atoms with Crippen molar-refractivity contribution in [3.05, 3.63) is 0 Å². The summed E-state index contributed by atoms with van der Waals surface area (Å²) in [5.41, 5.74) is 5.87. The molecule has 0 aliphatic carbocycles. The molecule has 1 aliphatic rings. The van der Waals surface area contributed by atoms with E-state index in [1.54, 1.807) is 0 Å². The number of nitrogens with zero attached hydrogens (tertiary/aromatic N) is 3. The molecule has 1 saturated heterocycles. The first-order valence-corrected chi connectivity index (χ1v) is 16.7. The van der Waals surface area contributed by atoms with Crippen LogP contribution >= 0.6 is 0 Å². The number of nitrogens with two attached hydrogens (primary N) is 1. The van der Waals surface area contributed by atoms with Crippen LogP contribution in [0.5, 0.6) is 0 Å². The predicted octanol–water partition coefficient (Wildman–Crippen LogP) is -0.704. The molecular weight excluding hydrogens is 680 g/mol. The van der Waals surface area contributed by atoms with E-state index in [1.807, 2.05) is 0 Å². The van der Waals surface area contributed by atoms with E-state index in [-0.39, 0.29) is 58.2 Å². The lowest BCUT2D eigenvalue weighted by Crippen LogP contribution is -2.43. The largest absolute Gasteiger partial charge is 0.461 e. The fourth-order valence-electron chi connectivity index (χ4n) is 4.86. The van der Waals surface area contributed by atoms with Crippen molar-refractivity contribution in [2.24, 2.45) is 5.73 Å². The van der Waals surface area contributed by atoms with Gasteiger partial charge in [-0.2, -0.15) is 0 Å². The molecule has 1 heterocycles. The molecule has 0 bridgehead atoms. The zero-order valence-electron chi connectivity index (χ0n) is 29.7. The van der Waals surface area contributed by atoms with Gasteiger partial charge in [-0.15, -0.1) is 0 Å².